The van der Waals surface area contributed by atoms with Crippen molar-refractivity contribution in [3.63, 3.8) is 0 Å². The molecular weight excluding hydrogens is 336 g/mol. The van der Waals surface area contributed by atoms with E-state index < -0.39 is 0 Å². The van der Waals surface area contributed by atoms with Gasteiger partial charge in [-0.15, -0.1) is 22.7 Å². The van der Waals surface area contributed by atoms with Gasteiger partial charge in [-0.25, -0.2) is 15.0 Å². The molecule has 1 aromatic carbocycles. The van der Waals surface area contributed by atoms with Gasteiger partial charge in [0.25, 0.3) is 0 Å². The Hall–Kier alpha value is -2.31. The highest BCUT2D eigenvalue weighted by Gasteiger charge is 2.13. The Bertz CT molecular complexity index is 986. The average Bonchev–Trinajstić information content (AvgIpc) is 3.20. The van der Waals surface area contributed by atoms with Gasteiger partial charge in [0, 0.05) is 16.3 Å². The lowest BCUT2D eigenvalue weighted by Gasteiger charge is -2.07. The van der Waals surface area contributed by atoms with E-state index in [1.54, 1.807) is 29.0 Å². The first kappa shape index (κ1) is 15.2. The van der Waals surface area contributed by atoms with Crippen LogP contribution in [0.4, 0.5) is 5.82 Å². The molecule has 4 nitrogen and oxygen atoms in total. The monoisotopic (exact) mass is 352 g/mol. The van der Waals surface area contributed by atoms with Gasteiger partial charge in [0.15, 0.2) is 0 Å². The molecule has 0 amide bonds. The fourth-order valence-corrected chi connectivity index (χ4v) is 4.15. The molecule has 0 bridgehead atoms. The normalized spacial score (nSPS) is 11.1. The van der Waals surface area contributed by atoms with Crippen LogP contribution in [0, 0.1) is 13.8 Å². The standard InChI is InChI=1S/C18H16N4S2/c1-11-3-5-13(6-4-11)15-9-24-18-16(15)17(20-10-21-18)19-7-14-8-23-12(2)22-14/h3-6,8-10H,7H2,1-2H3,(H,19,20,21). The van der Waals surface area contributed by atoms with Gasteiger partial charge < -0.3 is 5.32 Å². The Kier molecular flexibility index (Phi) is 4.00. The van der Waals surface area contributed by atoms with Crippen molar-refractivity contribution >= 4 is 38.7 Å². The zero-order valence-electron chi connectivity index (χ0n) is 13.4. The lowest BCUT2D eigenvalue weighted by molar-refractivity contribution is 1.04. The van der Waals surface area contributed by atoms with Gasteiger partial charge in [-0.05, 0) is 19.4 Å². The van der Waals surface area contributed by atoms with Crippen LogP contribution in [0.25, 0.3) is 21.3 Å². The van der Waals surface area contributed by atoms with E-state index in [9.17, 15) is 0 Å². The van der Waals surface area contributed by atoms with Crippen LogP contribution in [0.5, 0.6) is 0 Å². The van der Waals surface area contributed by atoms with Gasteiger partial charge in [0.2, 0.25) is 0 Å². The SMILES string of the molecule is Cc1ccc(-c2csc3ncnc(NCc4csc(C)n4)c23)cc1. The second-order valence-electron chi connectivity index (χ2n) is 5.63. The van der Waals surface area contributed by atoms with Crippen LogP contribution in [-0.2, 0) is 6.54 Å². The third-order valence-electron chi connectivity index (χ3n) is 3.84. The lowest BCUT2D eigenvalue weighted by Crippen LogP contribution is -2.02. The van der Waals surface area contributed by atoms with E-state index in [1.165, 1.54) is 16.7 Å². The van der Waals surface area contributed by atoms with E-state index >= 15 is 0 Å². The van der Waals surface area contributed by atoms with E-state index in [2.05, 4.69) is 62.2 Å². The number of nitrogens with zero attached hydrogens (tertiary/aromatic N) is 3. The van der Waals surface area contributed by atoms with Gasteiger partial charge in [-0.3, -0.25) is 0 Å². The number of fused-ring (bicyclic) bond motifs is 1. The van der Waals surface area contributed by atoms with Crippen LogP contribution < -0.4 is 5.32 Å². The zero-order chi connectivity index (χ0) is 16.5. The first-order valence-corrected chi connectivity index (χ1v) is 9.41. The van der Waals surface area contributed by atoms with Crippen molar-refractivity contribution in [1.82, 2.24) is 15.0 Å². The summed E-state index contributed by atoms with van der Waals surface area (Å²) in [6.45, 7) is 4.78. The van der Waals surface area contributed by atoms with Crippen LogP contribution in [0.15, 0.2) is 41.4 Å². The summed E-state index contributed by atoms with van der Waals surface area (Å²) >= 11 is 3.31. The van der Waals surface area contributed by atoms with E-state index in [1.807, 2.05) is 6.92 Å². The van der Waals surface area contributed by atoms with Gasteiger partial charge in [0.1, 0.15) is 17.0 Å². The van der Waals surface area contributed by atoms with E-state index in [4.69, 9.17) is 0 Å². The van der Waals surface area contributed by atoms with E-state index in [0.717, 1.165) is 26.7 Å². The van der Waals surface area contributed by atoms with Crippen LogP contribution >= 0.6 is 22.7 Å². The minimum atomic E-state index is 0.666. The van der Waals surface area contributed by atoms with Crippen LogP contribution in [0.1, 0.15) is 16.3 Å². The number of hydrogen-bond donors (Lipinski definition) is 1. The molecule has 4 aromatic rings. The molecule has 0 radical (unpaired) electrons. The number of aryl methyl sites for hydroxylation is 2. The van der Waals surface area contributed by atoms with Gasteiger partial charge >= 0.3 is 0 Å². The number of rotatable bonds is 4. The molecule has 6 heteroatoms. The molecule has 0 atom stereocenters. The Morgan fingerprint density at radius 1 is 1.00 bits per heavy atom. The molecule has 0 spiro atoms. The second kappa shape index (κ2) is 6.30. The predicted octanol–water partition coefficient (Wildman–Crippen LogP) is 5.04. The molecule has 0 unspecified atom stereocenters. The fraction of sp³-hybridized carbons (Fsp3) is 0.167. The Morgan fingerprint density at radius 2 is 1.83 bits per heavy atom. The molecule has 3 aromatic heterocycles. The lowest BCUT2D eigenvalue weighted by atomic mass is 10.0. The number of aromatic nitrogens is 3. The molecule has 0 aliphatic rings. The predicted molar refractivity (Wildman–Crippen MR) is 102 cm³/mol. The quantitative estimate of drug-likeness (QED) is 0.559. The summed E-state index contributed by atoms with van der Waals surface area (Å²) in [6.07, 6.45) is 1.62. The summed E-state index contributed by atoms with van der Waals surface area (Å²) in [5.41, 5.74) is 4.66. The zero-order valence-corrected chi connectivity index (χ0v) is 15.0. The maximum absolute atomic E-state index is 4.50. The third-order valence-corrected chi connectivity index (χ3v) is 5.55. The topological polar surface area (TPSA) is 50.7 Å². The summed E-state index contributed by atoms with van der Waals surface area (Å²) in [5, 5.41) is 9.82. The van der Waals surface area contributed by atoms with Gasteiger partial charge in [-0.2, -0.15) is 0 Å². The summed E-state index contributed by atoms with van der Waals surface area (Å²) in [4.78, 5) is 14.4. The summed E-state index contributed by atoms with van der Waals surface area (Å²) in [7, 11) is 0. The van der Waals surface area contributed by atoms with Crippen molar-refractivity contribution in [3.05, 3.63) is 57.6 Å². The minimum absolute atomic E-state index is 0.666. The number of thiazole rings is 1. The first-order valence-electron chi connectivity index (χ1n) is 7.65. The fourth-order valence-electron chi connectivity index (χ4n) is 2.62. The van der Waals surface area contributed by atoms with Gasteiger partial charge in [0.05, 0.1) is 22.6 Å². The number of hydrogen-bond acceptors (Lipinski definition) is 6. The van der Waals surface area contributed by atoms with Crippen molar-refractivity contribution in [1.29, 1.82) is 0 Å². The van der Waals surface area contributed by atoms with Crippen molar-refractivity contribution in [2.75, 3.05) is 5.32 Å². The first-order chi connectivity index (χ1) is 11.7. The molecule has 1 N–H and O–H groups in total. The molecule has 3 heterocycles. The van der Waals surface area contributed by atoms with E-state index in [0.29, 0.717) is 6.54 Å². The number of benzene rings is 1. The van der Waals surface area contributed by atoms with E-state index in [-0.39, 0.29) is 0 Å². The third kappa shape index (κ3) is 2.90. The highest BCUT2D eigenvalue weighted by Crippen LogP contribution is 2.36. The van der Waals surface area contributed by atoms with Crippen molar-refractivity contribution in [2.45, 2.75) is 20.4 Å². The minimum Gasteiger partial charge on any atom is -0.364 e. The Morgan fingerprint density at radius 3 is 2.58 bits per heavy atom. The average molecular weight is 352 g/mol. The summed E-state index contributed by atoms with van der Waals surface area (Å²) in [6, 6.07) is 8.57. The van der Waals surface area contributed by atoms with Crippen LogP contribution in [0.2, 0.25) is 0 Å². The molecule has 24 heavy (non-hydrogen) atoms. The highest BCUT2D eigenvalue weighted by molar-refractivity contribution is 7.17. The Labute approximate surface area is 148 Å². The smallest absolute Gasteiger partial charge is 0.139 e. The molecule has 0 saturated carbocycles. The molecule has 0 aliphatic heterocycles. The molecule has 0 aliphatic carbocycles. The molecule has 120 valence electrons. The number of nitrogens with one attached hydrogen (secondary N) is 1. The second-order valence-corrected chi connectivity index (χ2v) is 7.55. The molecule has 0 saturated heterocycles. The largest absolute Gasteiger partial charge is 0.364 e. The van der Waals surface area contributed by atoms with Crippen LogP contribution in [0.3, 0.4) is 0 Å². The van der Waals surface area contributed by atoms with Crippen molar-refractivity contribution in [2.24, 2.45) is 0 Å². The number of thiophene rings is 1. The van der Waals surface area contributed by atoms with Gasteiger partial charge in [-0.1, -0.05) is 29.8 Å². The summed E-state index contributed by atoms with van der Waals surface area (Å²) in [5.74, 6) is 0.863. The summed E-state index contributed by atoms with van der Waals surface area (Å²) < 4.78 is 0. The molecule has 0 fully saturated rings. The molecule has 4 rings (SSSR count). The highest BCUT2D eigenvalue weighted by atomic mass is 32.1. The number of anilines is 1. The Balaban J connectivity index is 1.72. The van der Waals surface area contributed by atoms with Crippen molar-refractivity contribution < 1.29 is 0 Å². The molecular formula is C18H16N4S2. The van der Waals surface area contributed by atoms with Crippen LogP contribution in [-0.4, -0.2) is 15.0 Å². The maximum atomic E-state index is 4.50. The maximum Gasteiger partial charge on any atom is 0.139 e. The van der Waals surface area contributed by atoms with Crippen molar-refractivity contribution in [3.8, 4) is 11.1 Å².